The van der Waals surface area contributed by atoms with Crippen molar-refractivity contribution in [3.05, 3.63) is 86.0 Å². The molecule has 0 fully saturated rings. The van der Waals surface area contributed by atoms with Crippen LogP contribution >= 0.6 is 0 Å². The maximum atomic E-state index is 13.7. The molecule has 0 heterocycles. The fourth-order valence-corrected chi connectivity index (χ4v) is 5.78. The first-order chi connectivity index (χ1) is 22.4. The molecule has 5 N–H and O–H groups in total. The summed E-state index contributed by atoms with van der Waals surface area (Å²) in [5, 5.41) is 56.9. The summed E-state index contributed by atoms with van der Waals surface area (Å²) < 4.78 is 0. The molecular weight excluding hydrogens is 608 g/mol. The number of allylic oxidation sites excluding steroid dienone is 11. The van der Waals surface area contributed by atoms with Gasteiger partial charge in [0.2, 0.25) is 0 Å². The van der Waals surface area contributed by atoms with E-state index in [1.54, 1.807) is 6.92 Å². The van der Waals surface area contributed by atoms with Crippen molar-refractivity contribution in [3.8, 4) is 17.2 Å². The van der Waals surface area contributed by atoms with Gasteiger partial charge in [0, 0.05) is 29.5 Å². The van der Waals surface area contributed by atoms with Gasteiger partial charge in [-0.25, -0.2) is 0 Å². The van der Waals surface area contributed by atoms with Gasteiger partial charge in [0.05, 0.1) is 5.41 Å². The van der Waals surface area contributed by atoms with Crippen LogP contribution in [0.15, 0.2) is 69.3 Å². The van der Waals surface area contributed by atoms with Gasteiger partial charge in [-0.15, -0.1) is 0 Å². The molecule has 0 saturated carbocycles. The zero-order valence-electron chi connectivity index (χ0n) is 30.1. The molecule has 1 aromatic carbocycles. The van der Waals surface area contributed by atoms with Gasteiger partial charge in [-0.2, -0.15) is 0 Å². The quantitative estimate of drug-likeness (QED) is 0.0667. The van der Waals surface area contributed by atoms with Crippen LogP contribution in [-0.4, -0.2) is 42.9 Å². The molecule has 1 aromatic rings. The summed E-state index contributed by atoms with van der Waals surface area (Å²) in [4.78, 5) is 39.6. The van der Waals surface area contributed by atoms with Gasteiger partial charge >= 0.3 is 0 Å². The van der Waals surface area contributed by atoms with Crippen molar-refractivity contribution in [1.82, 2.24) is 0 Å². The van der Waals surface area contributed by atoms with Gasteiger partial charge in [0.25, 0.3) is 0 Å². The predicted molar refractivity (Wildman–Crippen MR) is 191 cm³/mol. The molecule has 0 unspecified atom stereocenters. The second-order valence-corrected chi connectivity index (χ2v) is 13.6. The van der Waals surface area contributed by atoms with Crippen molar-refractivity contribution >= 4 is 17.3 Å². The number of aromatic hydroxyl groups is 3. The SMILES string of the molecule is CCCC(=O)c1c(O)c(C/C=C(\C)CCC=C(C)C)c(O)c(CC2=C(O)[C@](C)(C/C=C(\C)CCC=C(C)C)C(=O)C(C(C)=O)=C2O)c1O. The summed E-state index contributed by atoms with van der Waals surface area (Å²) in [6.07, 6.45) is 10.9. The van der Waals surface area contributed by atoms with Gasteiger partial charge in [-0.05, 0) is 100 Å². The Morgan fingerprint density at radius 3 is 1.73 bits per heavy atom. The molecule has 0 saturated heterocycles. The molecular formula is C40H54O8. The van der Waals surface area contributed by atoms with E-state index in [1.165, 1.54) is 18.1 Å². The van der Waals surface area contributed by atoms with Crippen LogP contribution < -0.4 is 0 Å². The van der Waals surface area contributed by atoms with E-state index < -0.39 is 63.5 Å². The Hall–Kier alpha value is -4.33. The van der Waals surface area contributed by atoms with Crippen LogP contribution in [-0.2, 0) is 22.4 Å². The number of phenols is 3. The van der Waals surface area contributed by atoms with Gasteiger partial charge in [0.1, 0.15) is 39.9 Å². The average molecular weight is 663 g/mol. The van der Waals surface area contributed by atoms with E-state index in [0.29, 0.717) is 6.42 Å². The van der Waals surface area contributed by atoms with E-state index >= 15 is 0 Å². The summed E-state index contributed by atoms with van der Waals surface area (Å²) in [6, 6.07) is 0. The molecule has 2 rings (SSSR count). The molecule has 0 spiro atoms. The van der Waals surface area contributed by atoms with Gasteiger partial charge in [-0.1, -0.05) is 53.5 Å². The van der Waals surface area contributed by atoms with E-state index in [4.69, 9.17) is 0 Å². The van der Waals surface area contributed by atoms with Gasteiger partial charge < -0.3 is 25.5 Å². The third-order valence-corrected chi connectivity index (χ3v) is 8.83. The number of carbonyl (C=O) groups is 3. The zero-order chi connectivity index (χ0) is 36.5. The maximum absolute atomic E-state index is 13.7. The number of benzene rings is 1. The van der Waals surface area contributed by atoms with Gasteiger partial charge in [0.15, 0.2) is 17.3 Å². The molecule has 1 aliphatic rings. The molecule has 8 nitrogen and oxygen atoms in total. The summed E-state index contributed by atoms with van der Waals surface area (Å²) >= 11 is 0. The Morgan fingerprint density at radius 2 is 1.23 bits per heavy atom. The molecule has 1 aliphatic carbocycles. The predicted octanol–water partition coefficient (Wildman–Crippen LogP) is 9.45. The third kappa shape index (κ3) is 9.39. The number of carbonyl (C=O) groups excluding carboxylic acids is 3. The highest BCUT2D eigenvalue weighted by molar-refractivity contribution is 6.23. The van der Waals surface area contributed by atoms with Crippen molar-refractivity contribution in [2.45, 2.75) is 120 Å². The van der Waals surface area contributed by atoms with Crippen LogP contribution in [0, 0.1) is 5.41 Å². The van der Waals surface area contributed by atoms with E-state index in [9.17, 15) is 39.9 Å². The minimum Gasteiger partial charge on any atom is -0.511 e. The maximum Gasteiger partial charge on any atom is 0.183 e. The normalized spacial score (nSPS) is 17.1. The van der Waals surface area contributed by atoms with Crippen molar-refractivity contribution < 1.29 is 39.9 Å². The summed E-state index contributed by atoms with van der Waals surface area (Å²) in [5.74, 6) is -5.00. The minimum absolute atomic E-state index is 0.00346. The Balaban J connectivity index is 2.77. The lowest BCUT2D eigenvalue weighted by Crippen LogP contribution is -2.38. The number of aliphatic hydroxyl groups is 2. The number of ketones is 3. The van der Waals surface area contributed by atoms with E-state index in [2.05, 4.69) is 12.2 Å². The number of hydrogen-bond donors (Lipinski definition) is 5. The summed E-state index contributed by atoms with van der Waals surface area (Å²) in [5.41, 5.74) is 1.40. The first-order valence-corrected chi connectivity index (χ1v) is 16.7. The highest BCUT2D eigenvalue weighted by atomic mass is 16.3. The first kappa shape index (κ1) is 39.8. The zero-order valence-corrected chi connectivity index (χ0v) is 30.1. The monoisotopic (exact) mass is 662 g/mol. The van der Waals surface area contributed by atoms with Crippen LogP contribution in [0.2, 0.25) is 0 Å². The molecule has 262 valence electrons. The van der Waals surface area contributed by atoms with Gasteiger partial charge in [-0.3, -0.25) is 14.4 Å². The number of aliphatic hydroxyl groups excluding tert-OH is 2. The van der Waals surface area contributed by atoms with Crippen molar-refractivity contribution in [2.75, 3.05) is 0 Å². The second-order valence-electron chi connectivity index (χ2n) is 13.6. The standard InChI is InChI=1S/C40H54O8/c1-10-13-31(42)33-35(44)28(19-18-25(6)16-11-14-23(2)3)34(43)29(36(33)45)22-30-37(46)32(27(8)41)39(48)40(9,38(30)47)21-20-26(7)17-12-15-24(4)5/h14-15,18,20,43-47H,10-13,16-17,19,21-22H2,1-9H3/b25-18+,26-20+/t40-/m0/s1. The first-order valence-electron chi connectivity index (χ1n) is 16.7. The van der Waals surface area contributed by atoms with Crippen molar-refractivity contribution in [1.29, 1.82) is 0 Å². The smallest absolute Gasteiger partial charge is 0.183 e. The Kier molecular flexibility index (Phi) is 14.3. The summed E-state index contributed by atoms with van der Waals surface area (Å²) in [6.45, 7) is 16.3. The topological polar surface area (TPSA) is 152 Å². The average Bonchev–Trinajstić information content (AvgIpc) is 2.98. The van der Waals surface area contributed by atoms with Crippen LogP contribution in [0.25, 0.3) is 0 Å². The molecule has 0 bridgehead atoms. The number of rotatable bonds is 16. The number of phenolic OH excluding ortho intramolecular Hbond substituents is 3. The molecule has 0 aromatic heterocycles. The highest BCUT2D eigenvalue weighted by Crippen LogP contribution is 2.48. The molecule has 8 heteroatoms. The van der Waals surface area contributed by atoms with Crippen LogP contribution in [0.1, 0.15) is 129 Å². The van der Waals surface area contributed by atoms with Crippen LogP contribution in [0.3, 0.4) is 0 Å². The molecule has 0 aliphatic heterocycles. The lowest BCUT2D eigenvalue weighted by Gasteiger charge is -2.33. The van der Waals surface area contributed by atoms with Crippen molar-refractivity contribution in [3.63, 3.8) is 0 Å². The van der Waals surface area contributed by atoms with E-state index in [1.807, 2.05) is 53.7 Å². The Labute approximate surface area is 285 Å². The lowest BCUT2D eigenvalue weighted by molar-refractivity contribution is -0.127. The van der Waals surface area contributed by atoms with E-state index in [-0.39, 0.29) is 41.5 Å². The fraction of sp³-hybridized carbons (Fsp3) is 0.475. The van der Waals surface area contributed by atoms with Crippen LogP contribution in [0.5, 0.6) is 17.2 Å². The largest absolute Gasteiger partial charge is 0.511 e. The highest BCUT2D eigenvalue weighted by Gasteiger charge is 2.47. The van der Waals surface area contributed by atoms with Crippen molar-refractivity contribution in [2.24, 2.45) is 5.41 Å². The third-order valence-electron chi connectivity index (χ3n) is 8.83. The Morgan fingerprint density at radius 1 is 0.708 bits per heavy atom. The molecule has 0 radical (unpaired) electrons. The van der Waals surface area contributed by atoms with E-state index in [0.717, 1.165) is 43.8 Å². The fourth-order valence-electron chi connectivity index (χ4n) is 5.78. The van der Waals surface area contributed by atoms with Crippen LogP contribution in [0.4, 0.5) is 0 Å². The molecule has 0 amide bonds. The molecule has 48 heavy (non-hydrogen) atoms. The minimum atomic E-state index is -1.63. The number of hydrogen-bond acceptors (Lipinski definition) is 8. The second kappa shape index (κ2) is 17.2. The Bertz CT molecular complexity index is 1620. The summed E-state index contributed by atoms with van der Waals surface area (Å²) in [7, 11) is 0. The lowest BCUT2D eigenvalue weighted by atomic mass is 9.70. The number of Topliss-reactive ketones (excluding diaryl/α,β-unsaturated/α-hetero) is 3. The molecule has 1 atom stereocenters.